The summed E-state index contributed by atoms with van der Waals surface area (Å²) >= 11 is 0. The molecule has 0 fully saturated rings. The van der Waals surface area contributed by atoms with E-state index in [2.05, 4.69) is 18.7 Å². The minimum atomic E-state index is -0.0439. The topological polar surface area (TPSA) is 38.8 Å². The van der Waals surface area contributed by atoms with E-state index < -0.39 is 0 Å². The maximum absolute atomic E-state index is 12.9. The highest BCUT2D eigenvalue weighted by Gasteiger charge is 2.16. The van der Waals surface area contributed by atoms with E-state index in [0.717, 1.165) is 24.5 Å². The molecule has 2 aromatic carbocycles. The normalized spacial score (nSPS) is 10.4. The van der Waals surface area contributed by atoms with E-state index in [0.29, 0.717) is 30.1 Å². The molecule has 0 heterocycles. The average Bonchev–Trinajstić information content (AvgIpc) is 2.64. The molecular formula is C21H27NO3. The molecule has 4 heteroatoms. The third-order valence-corrected chi connectivity index (χ3v) is 4.07. The molecule has 4 nitrogen and oxygen atoms in total. The maximum Gasteiger partial charge on any atom is 0.196 e. The van der Waals surface area contributed by atoms with E-state index in [4.69, 9.17) is 9.47 Å². The summed E-state index contributed by atoms with van der Waals surface area (Å²) in [6.07, 6.45) is 0. The Morgan fingerprint density at radius 1 is 0.880 bits per heavy atom. The number of carbonyl (C=O) groups is 1. The second-order valence-electron chi connectivity index (χ2n) is 5.57. The number of ketones is 1. The van der Waals surface area contributed by atoms with E-state index in [1.807, 2.05) is 44.2 Å². The Kier molecular flexibility index (Phi) is 6.87. The smallest absolute Gasteiger partial charge is 0.196 e. The van der Waals surface area contributed by atoms with Crippen molar-refractivity contribution in [2.75, 3.05) is 31.2 Å². The molecule has 0 aliphatic heterocycles. The summed E-state index contributed by atoms with van der Waals surface area (Å²) in [5.74, 6) is 1.35. The number of hydrogen-bond donors (Lipinski definition) is 0. The van der Waals surface area contributed by atoms with Gasteiger partial charge >= 0.3 is 0 Å². The van der Waals surface area contributed by atoms with Crippen LogP contribution in [0.4, 0.5) is 5.69 Å². The van der Waals surface area contributed by atoms with Gasteiger partial charge in [0.25, 0.3) is 0 Å². The fraction of sp³-hybridized carbons (Fsp3) is 0.381. The van der Waals surface area contributed by atoms with Crippen molar-refractivity contribution in [1.29, 1.82) is 0 Å². The van der Waals surface area contributed by atoms with E-state index in [1.165, 1.54) is 0 Å². The van der Waals surface area contributed by atoms with Crippen molar-refractivity contribution in [1.82, 2.24) is 0 Å². The molecule has 0 amide bonds. The summed E-state index contributed by atoms with van der Waals surface area (Å²) < 4.78 is 11.2. The van der Waals surface area contributed by atoms with Gasteiger partial charge in [0.2, 0.25) is 0 Å². The van der Waals surface area contributed by atoms with Crippen molar-refractivity contribution in [3.05, 3.63) is 53.6 Å². The first-order valence-electron chi connectivity index (χ1n) is 8.93. The lowest BCUT2D eigenvalue weighted by Crippen LogP contribution is -2.22. The van der Waals surface area contributed by atoms with Gasteiger partial charge in [-0.15, -0.1) is 0 Å². The molecule has 0 N–H and O–H groups in total. The summed E-state index contributed by atoms with van der Waals surface area (Å²) in [4.78, 5) is 15.1. The van der Waals surface area contributed by atoms with Gasteiger partial charge in [0.15, 0.2) is 5.78 Å². The third kappa shape index (κ3) is 4.53. The Labute approximate surface area is 150 Å². The van der Waals surface area contributed by atoms with E-state index in [1.54, 1.807) is 12.1 Å². The molecule has 0 bridgehead atoms. The Bertz CT molecular complexity index is 691. The van der Waals surface area contributed by atoms with Crippen LogP contribution in [-0.4, -0.2) is 32.1 Å². The number of anilines is 1. The van der Waals surface area contributed by atoms with Crippen LogP contribution >= 0.6 is 0 Å². The molecule has 134 valence electrons. The Balaban J connectivity index is 2.34. The van der Waals surface area contributed by atoms with Crippen molar-refractivity contribution < 1.29 is 14.3 Å². The zero-order chi connectivity index (χ0) is 18.2. The fourth-order valence-corrected chi connectivity index (χ4v) is 2.78. The second kappa shape index (κ2) is 9.11. The van der Waals surface area contributed by atoms with Crippen LogP contribution < -0.4 is 14.4 Å². The SMILES string of the molecule is CCOc1ccc(C(=O)c2ccc(N(CC)CC)cc2OCC)cc1. The van der Waals surface area contributed by atoms with Gasteiger partial charge in [-0.2, -0.15) is 0 Å². The molecule has 0 aromatic heterocycles. The number of rotatable bonds is 9. The number of benzene rings is 2. The van der Waals surface area contributed by atoms with Crippen LogP contribution in [0.1, 0.15) is 43.6 Å². The standard InChI is InChI=1S/C21H27NO3/c1-5-22(6-2)17-11-14-19(20(15-17)25-8-4)21(23)16-9-12-18(13-10-16)24-7-3/h9-15H,5-8H2,1-4H3. The molecule has 0 saturated carbocycles. The Morgan fingerprint density at radius 3 is 2.08 bits per heavy atom. The van der Waals surface area contributed by atoms with Gasteiger partial charge in [-0.3, -0.25) is 4.79 Å². The average molecular weight is 341 g/mol. The van der Waals surface area contributed by atoms with Crippen molar-refractivity contribution in [3.63, 3.8) is 0 Å². The van der Waals surface area contributed by atoms with Gasteiger partial charge in [0.1, 0.15) is 11.5 Å². The highest BCUT2D eigenvalue weighted by Crippen LogP contribution is 2.28. The summed E-state index contributed by atoms with van der Waals surface area (Å²) in [6.45, 7) is 11.0. The van der Waals surface area contributed by atoms with Gasteiger partial charge in [-0.05, 0) is 64.1 Å². The molecular weight excluding hydrogens is 314 g/mol. The zero-order valence-electron chi connectivity index (χ0n) is 15.5. The minimum Gasteiger partial charge on any atom is -0.494 e. The third-order valence-electron chi connectivity index (χ3n) is 4.07. The first kappa shape index (κ1) is 18.8. The van der Waals surface area contributed by atoms with Crippen LogP contribution in [0.25, 0.3) is 0 Å². The van der Waals surface area contributed by atoms with Crippen LogP contribution in [0.15, 0.2) is 42.5 Å². The van der Waals surface area contributed by atoms with Gasteiger partial charge in [-0.1, -0.05) is 0 Å². The maximum atomic E-state index is 12.9. The molecule has 0 aliphatic carbocycles. The number of ether oxygens (including phenoxy) is 2. The molecule has 0 radical (unpaired) electrons. The van der Waals surface area contributed by atoms with Crippen molar-refractivity contribution in [2.45, 2.75) is 27.7 Å². The first-order valence-corrected chi connectivity index (χ1v) is 8.93. The number of carbonyl (C=O) groups excluding carboxylic acids is 1. The quantitative estimate of drug-likeness (QED) is 0.627. The summed E-state index contributed by atoms with van der Waals surface area (Å²) in [5, 5.41) is 0. The zero-order valence-corrected chi connectivity index (χ0v) is 15.5. The Morgan fingerprint density at radius 2 is 1.52 bits per heavy atom. The minimum absolute atomic E-state index is 0.0439. The predicted octanol–water partition coefficient (Wildman–Crippen LogP) is 4.56. The van der Waals surface area contributed by atoms with Gasteiger partial charge < -0.3 is 14.4 Å². The lowest BCUT2D eigenvalue weighted by atomic mass is 10.0. The van der Waals surface area contributed by atoms with Crippen molar-refractivity contribution >= 4 is 11.5 Å². The van der Waals surface area contributed by atoms with Gasteiger partial charge in [-0.25, -0.2) is 0 Å². The molecule has 0 unspecified atom stereocenters. The molecule has 0 aliphatic rings. The second-order valence-corrected chi connectivity index (χ2v) is 5.57. The van der Waals surface area contributed by atoms with Crippen LogP contribution in [-0.2, 0) is 0 Å². The lowest BCUT2D eigenvalue weighted by molar-refractivity contribution is 0.103. The van der Waals surface area contributed by atoms with Crippen LogP contribution in [0.2, 0.25) is 0 Å². The van der Waals surface area contributed by atoms with Gasteiger partial charge in [0, 0.05) is 30.4 Å². The molecule has 0 spiro atoms. The van der Waals surface area contributed by atoms with E-state index in [9.17, 15) is 4.79 Å². The molecule has 0 atom stereocenters. The molecule has 25 heavy (non-hydrogen) atoms. The monoisotopic (exact) mass is 341 g/mol. The lowest BCUT2D eigenvalue weighted by Gasteiger charge is -2.22. The van der Waals surface area contributed by atoms with E-state index >= 15 is 0 Å². The largest absolute Gasteiger partial charge is 0.494 e. The molecule has 2 aromatic rings. The summed E-state index contributed by atoms with van der Waals surface area (Å²) in [6, 6.07) is 13.0. The summed E-state index contributed by atoms with van der Waals surface area (Å²) in [5.41, 5.74) is 2.28. The van der Waals surface area contributed by atoms with Crippen LogP contribution in [0, 0.1) is 0 Å². The first-order chi connectivity index (χ1) is 12.1. The van der Waals surface area contributed by atoms with Crippen LogP contribution in [0.5, 0.6) is 11.5 Å². The highest BCUT2D eigenvalue weighted by molar-refractivity contribution is 6.11. The summed E-state index contributed by atoms with van der Waals surface area (Å²) in [7, 11) is 0. The van der Waals surface area contributed by atoms with Gasteiger partial charge in [0.05, 0.1) is 18.8 Å². The predicted molar refractivity (Wildman–Crippen MR) is 102 cm³/mol. The fourth-order valence-electron chi connectivity index (χ4n) is 2.78. The Hall–Kier alpha value is -2.49. The number of hydrogen-bond acceptors (Lipinski definition) is 4. The van der Waals surface area contributed by atoms with Crippen LogP contribution in [0.3, 0.4) is 0 Å². The van der Waals surface area contributed by atoms with Crippen molar-refractivity contribution in [3.8, 4) is 11.5 Å². The highest BCUT2D eigenvalue weighted by atomic mass is 16.5. The number of nitrogens with zero attached hydrogens (tertiary/aromatic N) is 1. The van der Waals surface area contributed by atoms with Crippen molar-refractivity contribution in [2.24, 2.45) is 0 Å². The van der Waals surface area contributed by atoms with E-state index in [-0.39, 0.29) is 5.78 Å². The molecule has 2 rings (SSSR count). The molecule has 0 saturated heterocycles.